The van der Waals surface area contributed by atoms with Crippen LogP contribution in [0.25, 0.3) is 10.9 Å². The lowest BCUT2D eigenvalue weighted by molar-refractivity contribution is -0.152. The molecule has 1 aliphatic heterocycles. The summed E-state index contributed by atoms with van der Waals surface area (Å²) in [4.78, 5) is 236. The Kier molecular flexibility index (Phi) is 38.8. The van der Waals surface area contributed by atoms with Gasteiger partial charge in [0, 0.05) is 96.1 Å². The van der Waals surface area contributed by atoms with E-state index in [0.717, 1.165) is 16.7 Å². The Hall–Kier alpha value is -13.5. The van der Waals surface area contributed by atoms with Crippen LogP contribution in [0.15, 0.2) is 170 Å². The summed E-state index contributed by atoms with van der Waals surface area (Å²) in [5, 5.41) is 52.0. The molecular formula is C93H118N16O19S. The predicted octanol–water partition coefficient (Wildman–Crippen LogP) is 2.25. The molecule has 0 radical (unpaired) electrons. The number of aromatic amines is 1. The summed E-state index contributed by atoms with van der Waals surface area (Å²) in [5.41, 5.74) is 15.5. The summed E-state index contributed by atoms with van der Waals surface area (Å²) in [6, 6.07) is 28.9. The molecule has 8 rings (SSSR count). The van der Waals surface area contributed by atoms with E-state index in [1.165, 1.54) is 91.1 Å². The molecule has 1 aromatic heterocycles. The Morgan fingerprint density at radius 3 is 1.56 bits per heavy atom. The largest absolute Gasteiger partial charge is 0.508 e. The average Bonchev–Trinajstić information content (AvgIpc) is 1.74. The molecule has 2 heterocycles. The molecule has 7 aromatic rings. The van der Waals surface area contributed by atoms with E-state index >= 15 is 19.2 Å². The Bertz CT molecular complexity index is 5030. The number of benzene rings is 6. The molecule has 0 aliphatic carbocycles. The van der Waals surface area contributed by atoms with Crippen LogP contribution in [0, 0.1) is 5.92 Å². The molecule has 690 valence electrons. The minimum Gasteiger partial charge on any atom is -0.508 e. The van der Waals surface area contributed by atoms with Crippen LogP contribution in [-0.2, 0) is 115 Å². The first-order chi connectivity index (χ1) is 61.5. The van der Waals surface area contributed by atoms with Gasteiger partial charge >= 0.3 is 5.97 Å². The van der Waals surface area contributed by atoms with E-state index in [1.54, 1.807) is 147 Å². The first kappa shape index (κ1) is 101. The maximum Gasteiger partial charge on any atom is 0.305 e. The zero-order valence-electron chi connectivity index (χ0n) is 73.6. The highest BCUT2D eigenvalue weighted by molar-refractivity contribution is 8.00. The average molecular weight is 1800 g/mol. The minimum absolute atomic E-state index is 0.0240. The SMILES string of the molecule is CCCC[C@@H](C(=O)N1CCC[C@@H]1C(=O)N[C@H](C=O)CC(=O)O)N(C)C(=O)C(Cc1ccccc1)N(C)C(=O)[C@H](Cc1ccccc1)NC(=O)CSC[C@H](NC(=O)[C@H](CC(C)C)NC(=O)[C@H](Cc1ccc(O)cc1)NC(=O)[C@H](Cc1c[nH]c2ccccc12)NC(=O)CN(C)C(=O)[C@H](Cc1ccc(O)cc1)NC(=O)C(Cc1ccccc1)N(C)C(=O)[C@H](C)N)C(=O)NCC(N)=O. The van der Waals surface area contributed by atoms with Crippen molar-refractivity contribution in [3.05, 3.63) is 203 Å². The second-order valence-electron chi connectivity index (χ2n) is 32.7. The summed E-state index contributed by atoms with van der Waals surface area (Å²) < 4.78 is 0. The van der Waals surface area contributed by atoms with Gasteiger partial charge in [0.25, 0.3) is 0 Å². The van der Waals surface area contributed by atoms with Crippen LogP contribution in [0.3, 0.4) is 0 Å². The summed E-state index contributed by atoms with van der Waals surface area (Å²) in [6.07, 6.45) is 2.13. The fraction of sp³-hybridized carbons (Fsp3) is 0.419. The van der Waals surface area contributed by atoms with E-state index in [4.69, 9.17) is 11.5 Å². The Morgan fingerprint density at radius 1 is 0.527 bits per heavy atom. The number of nitrogens with one attached hydrogen (secondary N) is 9. The van der Waals surface area contributed by atoms with Crippen molar-refractivity contribution in [3.63, 3.8) is 0 Å². The summed E-state index contributed by atoms with van der Waals surface area (Å²) in [7, 11) is 5.56. The number of nitrogens with two attached hydrogens (primary N) is 2. The van der Waals surface area contributed by atoms with Crippen LogP contribution in [0.4, 0.5) is 0 Å². The van der Waals surface area contributed by atoms with Gasteiger partial charge < -0.3 is 104 Å². The van der Waals surface area contributed by atoms with Crippen LogP contribution in [0.2, 0.25) is 0 Å². The number of para-hydroxylation sites is 1. The summed E-state index contributed by atoms with van der Waals surface area (Å²) in [5.74, 6) is -13.8. The van der Waals surface area contributed by atoms with Gasteiger partial charge in [-0.2, -0.15) is 0 Å². The molecule has 36 heteroatoms. The maximum atomic E-state index is 15.4. The van der Waals surface area contributed by atoms with Gasteiger partial charge in [0.15, 0.2) is 0 Å². The number of likely N-dealkylation sites (tertiary alicyclic amines) is 1. The molecule has 2 unspecified atom stereocenters. The molecule has 14 amide bonds. The topological polar surface area (TPSA) is 514 Å². The number of amides is 14. The highest BCUT2D eigenvalue weighted by Crippen LogP contribution is 2.27. The first-order valence-corrected chi connectivity index (χ1v) is 43.9. The molecule has 129 heavy (non-hydrogen) atoms. The molecule has 1 aliphatic rings. The predicted molar refractivity (Wildman–Crippen MR) is 482 cm³/mol. The smallest absolute Gasteiger partial charge is 0.305 e. The number of aldehydes is 1. The standard InChI is InChI=1S/C93H118N16O19S/c1-9-10-31-76(93(128)109-41-22-32-75(109)87(122)98-64(53-110)49-82(116)117)106(6)92(127)78(47-60-27-18-13-19-28-60)108(8)91(126)73(44-58-23-14-11-15-24-58)100-81(115)55-129-54-74(83(118)97-51-79(95)113)104-84(119)69(42-56(2)3)101-85(120)70(43-61-33-37-65(111)38-34-61)102-86(121)71(48-63-50-96-68-30-21-20-29-67(63)68)99-80(114)52-105(5)90(125)72(45-62-35-39-66(112)40-36-62)103-88(123)77(107(7)89(124)57(4)94)46-59-25-16-12-17-26-59/h11-21,23-30,33-40,50,53,56-57,64,69-78,96,111-112H,9-10,22,31-32,41-49,51-52,54-55,94H2,1-8H3,(H2,95,113)(H,97,118)(H,98,122)(H,99,114)(H,100,115)(H,101,120)(H,102,121)(H,103,123)(H,104,119)(H,116,117)/t57-,64-,69-,70-,71-,72-,73-,74-,75+,76-,77?,78?/m0/s1. The van der Waals surface area contributed by atoms with E-state index in [1.807, 2.05) is 6.92 Å². The van der Waals surface area contributed by atoms with E-state index in [-0.39, 0.29) is 87.5 Å². The van der Waals surface area contributed by atoms with Gasteiger partial charge in [0.05, 0.1) is 37.3 Å². The van der Waals surface area contributed by atoms with Gasteiger partial charge in [0.2, 0.25) is 82.7 Å². The molecule has 0 spiro atoms. The Balaban J connectivity index is 1.02. The van der Waals surface area contributed by atoms with Crippen molar-refractivity contribution in [2.75, 3.05) is 59.3 Å². The fourth-order valence-corrected chi connectivity index (χ4v) is 16.1. The number of phenolic OH excluding ortho intramolecular Hbond substituents is 2. The second kappa shape index (κ2) is 49.6. The number of thioether (sulfide) groups is 1. The van der Waals surface area contributed by atoms with Gasteiger partial charge in [-0.3, -0.25) is 71.9 Å². The number of unbranched alkanes of at least 4 members (excludes halogenated alkanes) is 1. The third kappa shape index (κ3) is 30.6. The number of carboxylic acids is 1. The van der Waals surface area contributed by atoms with Crippen molar-refractivity contribution < 1.29 is 92.0 Å². The van der Waals surface area contributed by atoms with Gasteiger partial charge in [-0.05, 0) is 102 Å². The van der Waals surface area contributed by atoms with Gasteiger partial charge in [-0.25, -0.2) is 0 Å². The third-order valence-electron chi connectivity index (χ3n) is 22.2. The maximum absolute atomic E-state index is 15.4. The number of aromatic nitrogens is 1. The number of fused-ring (bicyclic) bond motifs is 1. The fourth-order valence-electron chi connectivity index (χ4n) is 15.2. The van der Waals surface area contributed by atoms with Crippen molar-refractivity contribution >= 4 is 118 Å². The Morgan fingerprint density at radius 2 is 1.01 bits per heavy atom. The number of primary amides is 1. The van der Waals surface area contributed by atoms with Gasteiger partial charge in [-0.15, -0.1) is 11.8 Å². The van der Waals surface area contributed by atoms with Crippen LogP contribution in [-0.4, -0.2) is 272 Å². The molecule has 16 N–H and O–H groups in total. The van der Waals surface area contributed by atoms with Gasteiger partial charge in [-0.1, -0.05) is 167 Å². The molecule has 35 nitrogen and oxygen atoms in total. The Labute approximate surface area is 753 Å². The monoisotopic (exact) mass is 1790 g/mol. The lowest BCUT2D eigenvalue weighted by Gasteiger charge is -2.38. The third-order valence-corrected chi connectivity index (χ3v) is 23.2. The van der Waals surface area contributed by atoms with Crippen molar-refractivity contribution in [2.24, 2.45) is 17.4 Å². The summed E-state index contributed by atoms with van der Waals surface area (Å²) >= 11 is 0.833. The number of nitrogens with zero attached hydrogens (tertiary/aromatic N) is 5. The van der Waals surface area contributed by atoms with Crippen LogP contribution in [0.1, 0.15) is 106 Å². The number of likely N-dealkylation sites (N-methyl/N-ethyl adjacent to an activating group) is 4. The lowest BCUT2D eigenvalue weighted by Crippen LogP contribution is -2.60. The van der Waals surface area contributed by atoms with E-state index in [2.05, 4.69) is 47.5 Å². The zero-order valence-corrected chi connectivity index (χ0v) is 74.5. The molecular weight excluding hydrogens is 1680 g/mol. The molecule has 0 saturated carbocycles. The zero-order chi connectivity index (χ0) is 94.1. The van der Waals surface area contributed by atoms with Crippen LogP contribution < -0.4 is 54.0 Å². The number of rotatable bonds is 49. The van der Waals surface area contributed by atoms with Crippen molar-refractivity contribution in [1.82, 2.24) is 72.0 Å². The number of carboxylic acid groups (broad SMARTS) is 1. The number of aromatic hydroxyl groups is 2. The van der Waals surface area contributed by atoms with Crippen molar-refractivity contribution in [1.29, 1.82) is 0 Å². The van der Waals surface area contributed by atoms with E-state index < -0.39 is 186 Å². The number of aliphatic carboxylic acids is 1. The van der Waals surface area contributed by atoms with Crippen molar-refractivity contribution in [2.45, 2.75) is 184 Å². The number of phenols is 2. The number of carbonyl (C=O) groups excluding carboxylic acids is 15. The number of hydrogen-bond acceptors (Lipinski definition) is 20. The number of H-pyrrole nitrogens is 1. The first-order valence-electron chi connectivity index (χ1n) is 42.8. The second-order valence-corrected chi connectivity index (χ2v) is 33.8. The number of carbonyl (C=O) groups is 16. The van der Waals surface area contributed by atoms with Crippen LogP contribution in [0.5, 0.6) is 11.5 Å². The lowest BCUT2D eigenvalue weighted by atomic mass is 9.99. The summed E-state index contributed by atoms with van der Waals surface area (Å²) in [6.45, 7) is 5.57. The van der Waals surface area contributed by atoms with E-state index in [0.29, 0.717) is 69.8 Å². The molecule has 6 aromatic carbocycles. The highest BCUT2D eigenvalue weighted by atomic mass is 32.2. The molecule has 0 bridgehead atoms. The normalized spacial score (nSPS) is 14.9. The van der Waals surface area contributed by atoms with Crippen LogP contribution >= 0.6 is 11.8 Å². The quantitative estimate of drug-likeness (QED) is 0.0243. The molecule has 1 fully saturated rings. The minimum atomic E-state index is -1.58. The highest BCUT2D eigenvalue weighted by Gasteiger charge is 2.44. The van der Waals surface area contributed by atoms with Gasteiger partial charge in [0.1, 0.15) is 78.2 Å². The molecule has 1 saturated heterocycles. The number of hydrogen-bond donors (Lipinski definition) is 14. The van der Waals surface area contributed by atoms with Crippen molar-refractivity contribution in [3.8, 4) is 11.5 Å². The molecule has 12 atom stereocenters. The van der Waals surface area contributed by atoms with E-state index in [9.17, 15) is 72.9 Å².